The number of aromatic nitrogens is 2. The molecule has 0 atom stereocenters. The zero-order valence-corrected chi connectivity index (χ0v) is 12.3. The van der Waals surface area contributed by atoms with Crippen LogP contribution in [0.1, 0.15) is 0 Å². The number of benzene rings is 2. The second kappa shape index (κ2) is 3.67. The van der Waals surface area contributed by atoms with Gasteiger partial charge in [0.05, 0.1) is 0 Å². The van der Waals surface area contributed by atoms with Crippen LogP contribution in [0.15, 0.2) is 33.2 Å². The van der Waals surface area contributed by atoms with Gasteiger partial charge in [0.15, 0.2) is 0 Å². The maximum absolute atomic E-state index is 4.42. The van der Waals surface area contributed by atoms with Crippen LogP contribution >= 0.6 is 31.9 Å². The predicted octanol–water partition coefficient (Wildman–Crippen LogP) is 3.37. The molecule has 2 nitrogen and oxygen atoms in total. The Hall–Kier alpha value is -0.221. The van der Waals surface area contributed by atoms with Crippen LogP contribution in [0.25, 0.3) is 21.8 Å². The van der Waals surface area contributed by atoms with Gasteiger partial charge in [-0.05, 0) is 0 Å². The van der Waals surface area contributed by atoms with Crippen molar-refractivity contribution >= 4 is 68.6 Å². The summed E-state index contributed by atoms with van der Waals surface area (Å²) in [5, 5.41) is 2.36. The van der Waals surface area contributed by atoms with E-state index in [1.54, 1.807) is 0 Å². The monoisotopic (exact) mass is 390 g/mol. The van der Waals surface area contributed by atoms with E-state index in [1.165, 1.54) is 10.8 Å². The van der Waals surface area contributed by atoms with Crippen LogP contribution in [0.5, 0.6) is 0 Å². The number of nitrogens with zero attached hydrogens (tertiary/aromatic N) is 2. The summed E-state index contributed by atoms with van der Waals surface area (Å²) in [6.07, 6.45) is 0. The first-order valence-corrected chi connectivity index (χ1v) is 7.38. The molecule has 15 heavy (non-hydrogen) atoms. The van der Waals surface area contributed by atoms with E-state index in [0.29, 0.717) is 0 Å². The van der Waals surface area contributed by atoms with Crippen molar-refractivity contribution in [1.82, 2.24) is 7.96 Å². The van der Waals surface area contributed by atoms with Gasteiger partial charge in [-0.2, -0.15) is 0 Å². The van der Waals surface area contributed by atoms with Crippen LogP contribution in [0.3, 0.4) is 0 Å². The molecule has 0 radical (unpaired) electrons. The van der Waals surface area contributed by atoms with Gasteiger partial charge in [-0.3, -0.25) is 0 Å². The average Bonchev–Trinajstić information content (AvgIpc) is 2.66. The minimum atomic E-state index is 0.0225. The van der Waals surface area contributed by atoms with Gasteiger partial charge in [-0.1, -0.05) is 0 Å². The van der Waals surface area contributed by atoms with Crippen LogP contribution in [-0.2, 0) is 0 Å². The number of hydrogen-bond donors (Lipinski definition) is 0. The van der Waals surface area contributed by atoms with Crippen molar-refractivity contribution in [2.24, 2.45) is 0 Å². The fourth-order valence-electron chi connectivity index (χ4n) is 1.60. The Morgan fingerprint density at radius 1 is 1.13 bits per heavy atom. The van der Waals surface area contributed by atoms with E-state index >= 15 is 0 Å². The zero-order chi connectivity index (χ0) is 10.4. The zero-order valence-electron chi connectivity index (χ0n) is 7.37. The number of fused-ring (bicyclic) bond motifs is 2. The Bertz CT molecular complexity index is 663. The number of halogens is 2. The predicted molar refractivity (Wildman–Crippen MR) is 69.4 cm³/mol. The van der Waals surface area contributed by atoms with Gasteiger partial charge >= 0.3 is 110 Å². The van der Waals surface area contributed by atoms with Gasteiger partial charge in [0.2, 0.25) is 0 Å². The normalized spacial score (nSPS) is 11.3. The molecule has 0 saturated heterocycles. The third-order valence-electron chi connectivity index (χ3n) is 2.28. The van der Waals surface area contributed by atoms with Crippen LogP contribution in [-0.4, -0.2) is 22.9 Å². The summed E-state index contributed by atoms with van der Waals surface area (Å²) in [6, 6.07) is 8.25. The summed E-state index contributed by atoms with van der Waals surface area (Å²) in [5.74, 6) is 0. The SMILES string of the molecule is Brc1cccc2cc3n[se]nc3c(Br)c12. The Balaban J connectivity index is 2.64. The molecule has 0 unspecified atom stereocenters. The molecular weight excluding hydrogens is 387 g/mol. The van der Waals surface area contributed by atoms with Gasteiger partial charge in [-0.15, -0.1) is 0 Å². The molecule has 3 aromatic rings. The van der Waals surface area contributed by atoms with Gasteiger partial charge in [0.1, 0.15) is 0 Å². The van der Waals surface area contributed by atoms with Crippen molar-refractivity contribution < 1.29 is 0 Å². The molecule has 0 bridgehead atoms. The summed E-state index contributed by atoms with van der Waals surface area (Å²) in [5.41, 5.74) is 2.00. The van der Waals surface area contributed by atoms with E-state index < -0.39 is 0 Å². The van der Waals surface area contributed by atoms with Gasteiger partial charge in [-0.25, -0.2) is 0 Å². The second-order valence-electron chi connectivity index (χ2n) is 3.16. The molecule has 0 amide bonds. The van der Waals surface area contributed by atoms with Crippen molar-refractivity contribution in [3.05, 3.63) is 33.2 Å². The summed E-state index contributed by atoms with van der Waals surface area (Å²) < 4.78 is 10.9. The topological polar surface area (TPSA) is 25.8 Å². The van der Waals surface area contributed by atoms with Gasteiger partial charge < -0.3 is 0 Å². The van der Waals surface area contributed by atoms with Crippen molar-refractivity contribution in [3.8, 4) is 0 Å². The first kappa shape index (κ1) is 9.97. The molecule has 0 saturated carbocycles. The summed E-state index contributed by atoms with van der Waals surface area (Å²) in [4.78, 5) is 0. The Morgan fingerprint density at radius 3 is 2.87 bits per heavy atom. The molecule has 2 aromatic carbocycles. The van der Waals surface area contributed by atoms with Crippen LogP contribution in [0.4, 0.5) is 0 Å². The molecule has 0 spiro atoms. The fraction of sp³-hybridized carbons (Fsp3) is 0. The molecular formula is C10H4Br2N2Se. The molecule has 0 N–H and O–H groups in total. The molecule has 0 aliphatic carbocycles. The van der Waals surface area contributed by atoms with Crippen LogP contribution < -0.4 is 0 Å². The standard InChI is InChI=1S/C10H4Br2N2Se/c11-6-3-1-2-5-4-7-10(14-15-13-7)9(12)8(5)6/h1-4H. The third-order valence-corrected chi connectivity index (χ3v) is 4.85. The van der Waals surface area contributed by atoms with E-state index in [2.05, 4.69) is 52.0 Å². The Kier molecular flexibility index (Phi) is 2.44. The van der Waals surface area contributed by atoms with E-state index in [0.717, 1.165) is 20.0 Å². The molecule has 0 fully saturated rings. The average molecular weight is 391 g/mol. The van der Waals surface area contributed by atoms with Gasteiger partial charge in [0, 0.05) is 0 Å². The van der Waals surface area contributed by atoms with Crippen molar-refractivity contribution in [1.29, 1.82) is 0 Å². The Labute approximate surface area is 109 Å². The van der Waals surface area contributed by atoms with Crippen molar-refractivity contribution in [2.75, 3.05) is 0 Å². The van der Waals surface area contributed by atoms with Crippen LogP contribution in [0, 0.1) is 0 Å². The van der Waals surface area contributed by atoms with Gasteiger partial charge in [0.25, 0.3) is 0 Å². The molecule has 3 rings (SSSR count). The second-order valence-corrected chi connectivity index (χ2v) is 5.92. The van der Waals surface area contributed by atoms with Crippen molar-refractivity contribution in [3.63, 3.8) is 0 Å². The van der Waals surface area contributed by atoms with E-state index in [9.17, 15) is 0 Å². The Morgan fingerprint density at radius 2 is 2.00 bits per heavy atom. The van der Waals surface area contributed by atoms with Crippen molar-refractivity contribution in [2.45, 2.75) is 0 Å². The molecule has 0 aliphatic rings. The number of hydrogen-bond acceptors (Lipinski definition) is 2. The maximum atomic E-state index is 4.42. The molecule has 1 aromatic heterocycles. The first-order valence-electron chi connectivity index (χ1n) is 4.26. The third kappa shape index (κ3) is 1.49. The summed E-state index contributed by atoms with van der Waals surface area (Å²) >= 11 is 7.19. The molecule has 74 valence electrons. The van der Waals surface area contributed by atoms with Crippen LogP contribution in [0.2, 0.25) is 0 Å². The fourth-order valence-corrected chi connectivity index (χ4v) is 4.57. The molecule has 5 heteroatoms. The summed E-state index contributed by atoms with van der Waals surface area (Å²) in [7, 11) is 0. The summed E-state index contributed by atoms with van der Waals surface area (Å²) in [6.45, 7) is 0. The van der Waals surface area contributed by atoms with E-state index in [1.807, 2.05) is 12.1 Å². The molecule has 1 heterocycles. The molecule has 0 aliphatic heterocycles. The van der Waals surface area contributed by atoms with E-state index in [-0.39, 0.29) is 15.0 Å². The number of rotatable bonds is 0. The first-order chi connectivity index (χ1) is 7.27. The van der Waals surface area contributed by atoms with E-state index in [4.69, 9.17) is 0 Å². The quantitative estimate of drug-likeness (QED) is 0.550. The minimum absolute atomic E-state index is 0.0225.